The summed E-state index contributed by atoms with van der Waals surface area (Å²) in [7, 11) is 1.73. The topological polar surface area (TPSA) is 57.2 Å². The number of nitrogens with zero attached hydrogens (tertiary/aromatic N) is 1. The van der Waals surface area contributed by atoms with Crippen molar-refractivity contribution in [1.29, 1.82) is 0 Å². The van der Waals surface area contributed by atoms with Gasteiger partial charge in [0.2, 0.25) is 0 Å². The van der Waals surface area contributed by atoms with Crippen LogP contribution < -0.4 is 16.0 Å². The summed E-state index contributed by atoms with van der Waals surface area (Å²) in [6.07, 6.45) is 2.69. The van der Waals surface area contributed by atoms with Crippen molar-refractivity contribution in [3.8, 4) is 5.75 Å². The van der Waals surface area contributed by atoms with Crippen LogP contribution in [0.4, 0.5) is 0 Å². The minimum absolute atomic E-state index is 0. The highest BCUT2D eigenvalue weighted by Gasteiger charge is 2.23. The first-order valence-corrected chi connectivity index (χ1v) is 9.43. The molecule has 0 radical (unpaired) electrons. The van der Waals surface area contributed by atoms with E-state index in [1.54, 1.807) is 23.7 Å². The lowest BCUT2D eigenvalue weighted by molar-refractivity contribution is 0.301. The summed E-state index contributed by atoms with van der Waals surface area (Å²) in [5, 5.41) is 1.91. The predicted octanol–water partition coefficient (Wildman–Crippen LogP) is 5.49. The highest BCUT2D eigenvalue weighted by Crippen LogP contribution is 2.36. The molecule has 0 amide bonds. The number of fused-ring (bicyclic) bond motifs is 1. The minimum Gasteiger partial charge on any atom is -0.491 e. The lowest BCUT2D eigenvalue weighted by Crippen LogP contribution is -2.28. The fourth-order valence-corrected chi connectivity index (χ4v) is 3.33. The molecule has 1 unspecified atom stereocenters. The Morgan fingerprint density at radius 2 is 1.77 bits per heavy atom. The average molecular weight is 422 g/mol. The molecule has 0 saturated heterocycles. The summed E-state index contributed by atoms with van der Waals surface area (Å²) in [5.74, 6) is 1.04. The molecule has 2 N–H and O–H groups in total. The van der Waals surface area contributed by atoms with Crippen LogP contribution in [0.25, 0.3) is 10.8 Å². The Morgan fingerprint density at radius 1 is 1.19 bits per heavy atom. The van der Waals surface area contributed by atoms with E-state index in [1.807, 2.05) is 0 Å². The number of pyridine rings is 1. The van der Waals surface area contributed by atoms with Gasteiger partial charge in [-0.1, -0.05) is 50.4 Å². The summed E-state index contributed by atoms with van der Waals surface area (Å²) in [5.41, 5.74) is 6.99. The molecule has 2 rings (SSSR count). The number of aromatic nitrogens is 1. The molecule has 146 valence electrons. The van der Waals surface area contributed by atoms with Crippen LogP contribution in [-0.2, 0) is 7.05 Å². The van der Waals surface area contributed by atoms with Crippen LogP contribution in [0.5, 0.6) is 5.75 Å². The Morgan fingerprint density at radius 3 is 2.31 bits per heavy atom. The van der Waals surface area contributed by atoms with Crippen LogP contribution in [0.2, 0.25) is 10.0 Å². The van der Waals surface area contributed by atoms with E-state index in [0.29, 0.717) is 44.8 Å². The molecule has 1 atom stereocenters. The largest absolute Gasteiger partial charge is 0.491 e. The van der Waals surface area contributed by atoms with Gasteiger partial charge in [-0.05, 0) is 30.9 Å². The Bertz CT molecular complexity index is 819. The minimum atomic E-state index is -0.298. The van der Waals surface area contributed by atoms with Gasteiger partial charge in [-0.3, -0.25) is 4.79 Å². The zero-order chi connectivity index (χ0) is 18.7. The van der Waals surface area contributed by atoms with Crippen LogP contribution in [0, 0.1) is 5.92 Å². The summed E-state index contributed by atoms with van der Waals surface area (Å²) < 4.78 is 7.67. The molecule has 26 heavy (non-hydrogen) atoms. The monoisotopic (exact) mass is 420 g/mol. The van der Waals surface area contributed by atoms with Gasteiger partial charge in [0.1, 0.15) is 5.75 Å². The molecular weight excluding hydrogens is 395 g/mol. The maximum Gasteiger partial charge on any atom is 0.258 e. The summed E-state index contributed by atoms with van der Waals surface area (Å²) in [4.78, 5) is 12.8. The number of rotatable bonds is 7. The standard InChI is InChI=1S/C19H26Cl2N2O2.ClH/c1-5-6-7-25-18-12-9-14(20)15(21)10-13(12)19(24)23(4)17(18)16(22)8-11(2)3;/h9-11,16H,5-8,22H2,1-4H3;1H. The number of ether oxygens (including phenoxy) is 1. The maximum absolute atomic E-state index is 12.8. The predicted molar refractivity (Wildman–Crippen MR) is 113 cm³/mol. The first kappa shape index (κ1) is 23.1. The van der Waals surface area contributed by atoms with E-state index < -0.39 is 0 Å². The maximum atomic E-state index is 12.8. The molecule has 1 aromatic carbocycles. The van der Waals surface area contributed by atoms with Gasteiger partial charge in [-0.2, -0.15) is 0 Å². The zero-order valence-corrected chi connectivity index (χ0v) is 18.0. The van der Waals surface area contributed by atoms with Crippen LogP contribution in [-0.4, -0.2) is 11.2 Å². The van der Waals surface area contributed by atoms with Gasteiger partial charge in [0, 0.05) is 18.5 Å². The molecule has 0 spiro atoms. The average Bonchev–Trinajstić information content (AvgIpc) is 2.53. The molecule has 0 bridgehead atoms. The van der Waals surface area contributed by atoms with E-state index in [2.05, 4.69) is 20.8 Å². The number of hydrogen-bond acceptors (Lipinski definition) is 3. The summed E-state index contributed by atoms with van der Waals surface area (Å²) in [6, 6.07) is 3.01. The molecule has 1 heterocycles. The number of benzene rings is 1. The number of nitrogens with two attached hydrogens (primary N) is 1. The van der Waals surface area contributed by atoms with Crippen molar-refractivity contribution in [2.45, 2.75) is 46.1 Å². The van der Waals surface area contributed by atoms with Crippen molar-refractivity contribution in [2.75, 3.05) is 6.61 Å². The Balaban J connectivity index is 0.00000338. The van der Waals surface area contributed by atoms with E-state index in [4.69, 9.17) is 33.7 Å². The van der Waals surface area contributed by atoms with Gasteiger partial charge < -0.3 is 15.0 Å². The molecule has 4 nitrogen and oxygen atoms in total. The fourth-order valence-electron chi connectivity index (χ4n) is 3.00. The van der Waals surface area contributed by atoms with Crippen LogP contribution in [0.15, 0.2) is 16.9 Å². The van der Waals surface area contributed by atoms with E-state index in [0.717, 1.165) is 19.3 Å². The molecule has 0 aliphatic heterocycles. The highest BCUT2D eigenvalue weighted by atomic mass is 35.5. The van der Waals surface area contributed by atoms with E-state index in [1.165, 1.54) is 0 Å². The number of unbranched alkanes of at least 4 members (excludes halogenated alkanes) is 1. The molecule has 0 aliphatic carbocycles. The number of halogens is 3. The smallest absolute Gasteiger partial charge is 0.258 e. The molecule has 0 aliphatic rings. The SMILES string of the molecule is CCCCOc1c(C(N)CC(C)C)n(C)c(=O)c2cc(Cl)c(Cl)cc12.Cl. The van der Waals surface area contributed by atoms with Crippen LogP contribution in [0.1, 0.15) is 51.8 Å². The second kappa shape index (κ2) is 9.84. The third-order valence-electron chi connectivity index (χ3n) is 4.25. The molecule has 0 saturated carbocycles. The summed E-state index contributed by atoms with van der Waals surface area (Å²) >= 11 is 12.3. The van der Waals surface area contributed by atoms with E-state index >= 15 is 0 Å². The molecule has 1 aromatic heterocycles. The molecule has 2 aromatic rings. The lowest BCUT2D eigenvalue weighted by atomic mass is 9.98. The van der Waals surface area contributed by atoms with Gasteiger partial charge in [-0.15, -0.1) is 12.4 Å². The normalized spacial score (nSPS) is 12.3. The van der Waals surface area contributed by atoms with Gasteiger partial charge in [0.25, 0.3) is 5.56 Å². The molecule has 7 heteroatoms. The van der Waals surface area contributed by atoms with Crippen molar-refractivity contribution >= 4 is 46.4 Å². The Hall–Kier alpha value is -0.940. The van der Waals surface area contributed by atoms with Gasteiger partial charge >= 0.3 is 0 Å². The highest BCUT2D eigenvalue weighted by molar-refractivity contribution is 6.42. The van der Waals surface area contributed by atoms with Crippen molar-refractivity contribution < 1.29 is 4.74 Å². The Kier molecular flexibility index (Phi) is 8.74. The fraction of sp³-hybridized carbons (Fsp3) is 0.526. The zero-order valence-electron chi connectivity index (χ0n) is 15.6. The van der Waals surface area contributed by atoms with E-state index in [-0.39, 0.29) is 24.0 Å². The van der Waals surface area contributed by atoms with Gasteiger partial charge in [0.05, 0.1) is 27.7 Å². The first-order chi connectivity index (χ1) is 11.8. The lowest BCUT2D eigenvalue weighted by Gasteiger charge is -2.23. The third kappa shape index (κ3) is 4.86. The second-order valence-electron chi connectivity index (χ2n) is 6.83. The number of hydrogen-bond donors (Lipinski definition) is 1. The van der Waals surface area contributed by atoms with E-state index in [9.17, 15) is 4.79 Å². The van der Waals surface area contributed by atoms with Gasteiger partial charge in [0.15, 0.2) is 0 Å². The van der Waals surface area contributed by atoms with Crippen LogP contribution >= 0.6 is 35.6 Å². The van der Waals surface area contributed by atoms with Crippen molar-refractivity contribution in [3.63, 3.8) is 0 Å². The quantitative estimate of drug-likeness (QED) is 0.601. The third-order valence-corrected chi connectivity index (χ3v) is 4.98. The van der Waals surface area contributed by atoms with Gasteiger partial charge in [-0.25, -0.2) is 0 Å². The van der Waals surface area contributed by atoms with Crippen molar-refractivity contribution in [3.05, 3.63) is 38.2 Å². The molecular formula is C19H27Cl3N2O2. The summed E-state index contributed by atoms with van der Waals surface area (Å²) in [6.45, 7) is 6.87. The first-order valence-electron chi connectivity index (χ1n) is 8.67. The molecule has 0 fully saturated rings. The Labute approximate surface area is 171 Å². The van der Waals surface area contributed by atoms with Crippen molar-refractivity contribution in [2.24, 2.45) is 18.7 Å². The van der Waals surface area contributed by atoms with Crippen molar-refractivity contribution in [1.82, 2.24) is 4.57 Å². The van der Waals surface area contributed by atoms with Crippen LogP contribution in [0.3, 0.4) is 0 Å². The second-order valence-corrected chi connectivity index (χ2v) is 7.64.